The fourth-order valence-corrected chi connectivity index (χ4v) is 4.62. The van der Waals surface area contributed by atoms with Crippen molar-refractivity contribution in [1.29, 1.82) is 0 Å². The Morgan fingerprint density at radius 1 is 1.24 bits per heavy atom. The van der Waals surface area contributed by atoms with Crippen molar-refractivity contribution in [1.82, 2.24) is 14.5 Å². The summed E-state index contributed by atoms with van der Waals surface area (Å²) in [6.07, 6.45) is 3.65. The van der Waals surface area contributed by atoms with E-state index >= 15 is 0 Å². The molecule has 6 nitrogen and oxygen atoms in total. The van der Waals surface area contributed by atoms with Gasteiger partial charge in [0.2, 0.25) is 5.91 Å². The number of hydrogen-bond acceptors (Lipinski definition) is 3. The van der Waals surface area contributed by atoms with Crippen LogP contribution in [0.25, 0.3) is 11.0 Å². The summed E-state index contributed by atoms with van der Waals surface area (Å²) in [5, 5.41) is 10.4. The van der Waals surface area contributed by atoms with Crippen LogP contribution in [0.5, 0.6) is 0 Å². The first-order valence-corrected chi connectivity index (χ1v) is 11.5. The van der Waals surface area contributed by atoms with Crippen molar-refractivity contribution in [3.05, 3.63) is 64.2 Å². The normalized spacial score (nSPS) is 13.9. The minimum Gasteiger partial charge on any atom is -0.481 e. The van der Waals surface area contributed by atoms with Crippen LogP contribution in [0.3, 0.4) is 0 Å². The fraction of sp³-hybridized carbons (Fsp3) is 0.400. The monoisotopic (exact) mass is 471 g/mol. The number of rotatable bonds is 7. The number of hydrogen-bond donors (Lipinski definition) is 1. The highest BCUT2D eigenvalue weighted by Crippen LogP contribution is 2.32. The summed E-state index contributed by atoms with van der Waals surface area (Å²) >= 11 is 5.99. The summed E-state index contributed by atoms with van der Waals surface area (Å²) in [5.74, 6) is -1.31. The van der Waals surface area contributed by atoms with Gasteiger partial charge in [-0.2, -0.15) is 0 Å². The third-order valence-electron chi connectivity index (χ3n) is 6.50. The standard InChI is InChI=1S/C25H27ClFN3O3/c1-25(2,24(32)33)11-4-9-21(31)29-13-10-17-18-7-5-12-28-23(18)30(20(17)15-29)14-16-6-3-8-19(26)22(16)27/h3,5-8,12H,4,9-11,13-15H2,1-2H3,(H,32,33). The van der Waals surface area contributed by atoms with Crippen LogP contribution in [-0.4, -0.2) is 38.0 Å². The van der Waals surface area contributed by atoms with E-state index < -0.39 is 17.2 Å². The number of amides is 1. The van der Waals surface area contributed by atoms with Gasteiger partial charge >= 0.3 is 5.97 Å². The SMILES string of the molecule is CC(C)(CCCC(=O)N1CCc2c(n(Cc3cccc(Cl)c3F)c3ncccc23)C1)C(=O)O. The molecule has 1 amide bonds. The Balaban J connectivity index is 1.58. The van der Waals surface area contributed by atoms with Crippen molar-refractivity contribution in [2.45, 2.75) is 52.6 Å². The van der Waals surface area contributed by atoms with Crippen LogP contribution in [0.15, 0.2) is 36.5 Å². The molecule has 0 saturated carbocycles. The number of carbonyl (C=O) groups excluding carboxylic acids is 1. The lowest BCUT2D eigenvalue weighted by Gasteiger charge is -2.29. The van der Waals surface area contributed by atoms with Crippen molar-refractivity contribution in [2.75, 3.05) is 6.54 Å². The summed E-state index contributed by atoms with van der Waals surface area (Å²) in [4.78, 5) is 30.6. The van der Waals surface area contributed by atoms with Gasteiger partial charge in [-0.3, -0.25) is 9.59 Å². The zero-order valence-electron chi connectivity index (χ0n) is 18.8. The maximum Gasteiger partial charge on any atom is 0.309 e. The zero-order chi connectivity index (χ0) is 23.8. The molecule has 2 aromatic heterocycles. The molecule has 3 aromatic rings. The van der Waals surface area contributed by atoms with Crippen LogP contribution in [0.2, 0.25) is 5.02 Å². The Bertz CT molecular complexity index is 1220. The lowest BCUT2D eigenvalue weighted by molar-refractivity contribution is -0.147. The molecule has 174 valence electrons. The molecule has 0 saturated heterocycles. The Morgan fingerprint density at radius 3 is 2.79 bits per heavy atom. The molecule has 0 unspecified atom stereocenters. The average molecular weight is 472 g/mol. The van der Waals surface area contributed by atoms with Crippen LogP contribution in [0.4, 0.5) is 4.39 Å². The van der Waals surface area contributed by atoms with Gasteiger partial charge in [0.25, 0.3) is 0 Å². The van der Waals surface area contributed by atoms with Crippen molar-refractivity contribution >= 4 is 34.5 Å². The van der Waals surface area contributed by atoms with Gasteiger partial charge < -0.3 is 14.6 Å². The molecule has 3 heterocycles. The lowest BCUT2D eigenvalue weighted by atomic mass is 9.87. The Hall–Kier alpha value is -2.93. The molecule has 8 heteroatoms. The number of fused-ring (bicyclic) bond motifs is 3. The second-order valence-electron chi connectivity index (χ2n) is 9.21. The van der Waals surface area contributed by atoms with Gasteiger partial charge in [0.15, 0.2) is 0 Å². The molecule has 1 aliphatic heterocycles. The van der Waals surface area contributed by atoms with Crippen molar-refractivity contribution in [3.8, 4) is 0 Å². The van der Waals surface area contributed by atoms with E-state index in [-0.39, 0.29) is 17.5 Å². The highest BCUT2D eigenvalue weighted by atomic mass is 35.5. The number of nitrogens with zero attached hydrogens (tertiary/aromatic N) is 3. The van der Waals surface area contributed by atoms with Crippen LogP contribution >= 0.6 is 11.6 Å². The number of benzene rings is 1. The first kappa shape index (κ1) is 23.2. The van der Waals surface area contributed by atoms with Gasteiger partial charge in [0.1, 0.15) is 11.5 Å². The number of pyridine rings is 1. The predicted octanol–water partition coefficient (Wildman–Crippen LogP) is 5.04. The van der Waals surface area contributed by atoms with Gasteiger partial charge in [0, 0.05) is 35.8 Å². The number of carboxylic acids is 1. The fourth-order valence-electron chi connectivity index (χ4n) is 4.43. The van der Waals surface area contributed by atoms with E-state index in [0.29, 0.717) is 44.3 Å². The molecular weight excluding hydrogens is 445 g/mol. The zero-order valence-corrected chi connectivity index (χ0v) is 19.5. The summed E-state index contributed by atoms with van der Waals surface area (Å²) < 4.78 is 16.6. The Kier molecular flexibility index (Phi) is 6.43. The third-order valence-corrected chi connectivity index (χ3v) is 6.79. The number of carbonyl (C=O) groups is 2. The molecule has 1 aromatic carbocycles. The molecule has 1 N–H and O–H groups in total. The largest absolute Gasteiger partial charge is 0.481 e. The van der Waals surface area contributed by atoms with Gasteiger partial charge in [-0.1, -0.05) is 23.7 Å². The third kappa shape index (κ3) is 4.60. The topological polar surface area (TPSA) is 75.4 Å². The second-order valence-corrected chi connectivity index (χ2v) is 9.61. The lowest BCUT2D eigenvalue weighted by Crippen LogP contribution is -2.36. The maximum absolute atomic E-state index is 14.7. The number of aromatic nitrogens is 2. The minimum atomic E-state index is -0.858. The van der Waals surface area contributed by atoms with Gasteiger partial charge in [-0.25, -0.2) is 9.37 Å². The Morgan fingerprint density at radius 2 is 2.03 bits per heavy atom. The van der Waals surface area contributed by atoms with E-state index in [0.717, 1.165) is 22.3 Å². The summed E-state index contributed by atoms with van der Waals surface area (Å²) in [7, 11) is 0. The number of aliphatic carboxylic acids is 1. The van der Waals surface area contributed by atoms with Crippen molar-refractivity contribution in [3.63, 3.8) is 0 Å². The quantitative estimate of drug-likeness (QED) is 0.523. The van der Waals surface area contributed by atoms with E-state index in [4.69, 9.17) is 11.6 Å². The van der Waals surface area contributed by atoms with E-state index in [2.05, 4.69) is 4.98 Å². The molecule has 0 aliphatic carbocycles. The van der Waals surface area contributed by atoms with Crippen LogP contribution in [0, 0.1) is 11.2 Å². The van der Waals surface area contributed by atoms with Gasteiger partial charge in [-0.15, -0.1) is 0 Å². The van der Waals surface area contributed by atoms with E-state index in [1.807, 2.05) is 16.7 Å². The molecule has 0 atom stereocenters. The van der Waals surface area contributed by atoms with Gasteiger partial charge in [0.05, 0.1) is 23.5 Å². The summed E-state index contributed by atoms with van der Waals surface area (Å²) in [5.41, 5.74) is 2.46. The molecule has 4 rings (SSSR count). The molecule has 0 bridgehead atoms. The first-order chi connectivity index (χ1) is 15.7. The molecular formula is C25H27ClFN3O3. The van der Waals surface area contributed by atoms with Gasteiger partial charge in [-0.05, 0) is 56.9 Å². The van der Waals surface area contributed by atoms with Crippen LogP contribution in [-0.2, 0) is 29.1 Å². The highest BCUT2D eigenvalue weighted by Gasteiger charge is 2.29. The maximum atomic E-state index is 14.7. The molecule has 33 heavy (non-hydrogen) atoms. The highest BCUT2D eigenvalue weighted by molar-refractivity contribution is 6.30. The predicted molar refractivity (Wildman–Crippen MR) is 125 cm³/mol. The minimum absolute atomic E-state index is 0.000500. The van der Waals surface area contributed by atoms with E-state index in [1.165, 1.54) is 6.07 Å². The number of halogens is 2. The Labute approximate surface area is 197 Å². The summed E-state index contributed by atoms with van der Waals surface area (Å²) in [6.45, 7) is 4.62. The first-order valence-electron chi connectivity index (χ1n) is 11.1. The molecule has 1 aliphatic rings. The molecule has 0 fully saturated rings. The summed E-state index contributed by atoms with van der Waals surface area (Å²) in [6, 6.07) is 8.85. The van der Waals surface area contributed by atoms with Crippen molar-refractivity contribution in [2.24, 2.45) is 5.41 Å². The van der Waals surface area contributed by atoms with E-state index in [9.17, 15) is 19.1 Å². The van der Waals surface area contributed by atoms with Crippen LogP contribution < -0.4 is 0 Å². The average Bonchev–Trinajstić information content (AvgIpc) is 3.09. The molecule has 0 spiro atoms. The number of carboxylic acid groups (broad SMARTS) is 1. The second kappa shape index (κ2) is 9.14. The molecule has 0 radical (unpaired) electrons. The van der Waals surface area contributed by atoms with Crippen molar-refractivity contribution < 1.29 is 19.1 Å². The smallest absolute Gasteiger partial charge is 0.309 e. The van der Waals surface area contributed by atoms with E-state index in [1.54, 1.807) is 37.1 Å². The van der Waals surface area contributed by atoms with Crippen LogP contribution in [0.1, 0.15) is 49.9 Å².